The van der Waals surface area contributed by atoms with Gasteiger partial charge in [0.2, 0.25) is 0 Å². The fraction of sp³-hybridized carbons (Fsp3) is 0.500. The van der Waals surface area contributed by atoms with E-state index < -0.39 is 0 Å². The van der Waals surface area contributed by atoms with Crippen LogP contribution >= 0.6 is 0 Å². The van der Waals surface area contributed by atoms with Gasteiger partial charge in [-0.1, -0.05) is 5.21 Å². The van der Waals surface area contributed by atoms with Gasteiger partial charge in [-0.2, -0.15) is 0 Å². The van der Waals surface area contributed by atoms with Crippen LogP contribution in [0, 0.1) is 5.92 Å². The maximum Gasteiger partial charge on any atom is 0.131 e. The van der Waals surface area contributed by atoms with Crippen molar-refractivity contribution in [2.75, 3.05) is 23.7 Å². The predicted octanol–water partition coefficient (Wildman–Crippen LogP) is 1.00. The molecule has 0 bridgehead atoms. The summed E-state index contributed by atoms with van der Waals surface area (Å²) >= 11 is 0. The van der Waals surface area contributed by atoms with Crippen LogP contribution in [0.25, 0.3) is 0 Å². The molecule has 1 aliphatic rings. The number of aromatic nitrogens is 5. The first-order valence-corrected chi connectivity index (χ1v) is 6.54. The van der Waals surface area contributed by atoms with Crippen LogP contribution in [0.1, 0.15) is 12.8 Å². The molecule has 1 aliphatic carbocycles. The van der Waals surface area contributed by atoms with E-state index in [9.17, 15) is 0 Å². The summed E-state index contributed by atoms with van der Waals surface area (Å²) in [4.78, 5) is 8.40. The Bertz CT molecular complexity index is 507. The third kappa shape index (κ3) is 3.64. The van der Waals surface area contributed by atoms with Crippen molar-refractivity contribution in [2.24, 2.45) is 5.92 Å². The Morgan fingerprint density at radius 2 is 2.05 bits per heavy atom. The highest BCUT2D eigenvalue weighted by molar-refractivity contribution is 5.46. The fourth-order valence-corrected chi connectivity index (χ4v) is 1.77. The Balaban J connectivity index is 1.47. The molecule has 7 nitrogen and oxygen atoms in total. The highest BCUT2D eigenvalue weighted by Crippen LogP contribution is 2.28. The molecule has 0 aliphatic heterocycles. The topological polar surface area (TPSA) is 80.5 Å². The van der Waals surface area contributed by atoms with Crippen LogP contribution in [0.3, 0.4) is 0 Å². The van der Waals surface area contributed by atoms with Gasteiger partial charge < -0.3 is 10.6 Å². The van der Waals surface area contributed by atoms with Gasteiger partial charge in [0.1, 0.15) is 18.0 Å². The summed E-state index contributed by atoms with van der Waals surface area (Å²) in [6.45, 7) is 2.52. The van der Waals surface area contributed by atoms with Gasteiger partial charge in [0.15, 0.2) is 0 Å². The van der Waals surface area contributed by atoms with Crippen LogP contribution in [0.2, 0.25) is 0 Å². The van der Waals surface area contributed by atoms with Crippen molar-refractivity contribution in [2.45, 2.75) is 19.4 Å². The molecular formula is C12H17N7. The maximum atomic E-state index is 4.21. The standard InChI is InChI=1S/C12H17N7/c1-2-10(1)8-14-12-7-11(15-9-16-12)13-3-5-19-6-4-17-18-19/h4,6-7,9-10H,1-3,5,8H2,(H2,13,14,15,16). The normalized spacial score (nSPS) is 14.3. The van der Waals surface area contributed by atoms with E-state index in [1.807, 2.05) is 12.3 Å². The second kappa shape index (κ2) is 5.64. The van der Waals surface area contributed by atoms with Gasteiger partial charge in [0, 0.05) is 25.4 Å². The quantitative estimate of drug-likeness (QED) is 0.772. The van der Waals surface area contributed by atoms with Crippen LogP contribution in [-0.2, 0) is 6.54 Å². The third-order valence-electron chi connectivity index (χ3n) is 3.05. The predicted molar refractivity (Wildman–Crippen MR) is 71.8 cm³/mol. The summed E-state index contributed by atoms with van der Waals surface area (Å²) in [5.74, 6) is 2.54. The first-order valence-electron chi connectivity index (χ1n) is 6.54. The van der Waals surface area contributed by atoms with Crippen LogP contribution in [0.4, 0.5) is 11.6 Å². The van der Waals surface area contributed by atoms with E-state index in [0.29, 0.717) is 0 Å². The van der Waals surface area contributed by atoms with E-state index in [0.717, 1.165) is 37.2 Å². The van der Waals surface area contributed by atoms with Crippen LogP contribution in [0.15, 0.2) is 24.8 Å². The minimum atomic E-state index is 0.752. The Morgan fingerprint density at radius 3 is 2.79 bits per heavy atom. The molecular weight excluding hydrogens is 242 g/mol. The summed E-state index contributed by atoms with van der Waals surface area (Å²) in [7, 11) is 0. The zero-order valence-electron chi connectivity index (χ0n) is 10.7. The maximum absolute atomic E-state index is 4.21. The van der Waals surface area contributed by atoms with Crippen LogP contribution in [0.5, 0.6) is 0 Å². The molecule has 0 unspecified atom stereocenters. The number of hydrogen-bond acceptors (Lipinski definition) is 6. The Kier molecular flexibility index (Phi) is 3.53. The lowest BCUT2D eigenvalue weighted by atomic mass is 10.4. The summed E-state index contributed by atoms with van der Waals surface area (Å²) in [6, 6.07) is 1.93. The van der Waals surface area contributed by atoms with Gasteiger partial charge in [0.25, 0.3) is 0 Å². The first-order chi connectivity index (χ1) is 9.40. The molecule has 100 valence electrons. The molecule has 1 fully saturated rings. The smallest absolute Gasteiger partial charge is 0.131 e. The van der Waals surface area contributed by atoms with Crippen LogP contribution in [-0.4, -0.2) is 38.1 Å². The Labute approximate surface area is 111 Å². The van der Waals surface area contributed by atoms with Crippen molar-refractivity contribution in [1.82, 2.24) is 25.0 Å². The summed E-state index contributed by atoms with van der Waals surface area (Å²) in [5.41, 5.74) is 0. The fourth-order valence-electron chi connectivity index (χ4n) is 1.77. The summed E-state index contributed by atoms with van der Waals surface area (Å²) in [6.07, 6.45) is 7.75. The Morgan fingerprint density at radius 1 is 1.21 bits per heavy atom. The molecule has 2 heterocycles. The largest absolute Gasteiger partial charge is 0.370 e. The molecule has 0 amide bonds. The van der Waals surface area contributed by atoms with Gasteiger partial charge in [-0.05, 0) is 18.8 Å². The molecule has 19 heavy (non-hydrogen) atoms. The van der Waals surface area contributed by atoms with E-state index in [4.69, 9.17) is 0 Å². The lowest BCUT2D eigenvalue weighted by Crippen LogP contribution is -2.12. The molecule has 0 radical (unpaired) electrons. The molecule has 0 spiro atoms. The van der Waals surface area contributed by atoms with Crippen molar-refractivity contribution < 1.29 is 0 Å². The van der Waals surface area contributed by atoms with Gasteiger partial charge in [-0.3, -0.25) is 4.68 Å². The zero-order chi connectivity index (χ0) is 12.9. The summed E-state index contributed by atoms with van der Waals surface area (Å²) < 4.78 is 1.78. The number of hydrogen-bond donors (Lipinski definition) is 2. The van der Waals surface area contributed by atoms with Crippen LogP contribution < -0.4 is 10.6 Å². The second-order valence-electron chi connectivity index (χ2n) is 4.71. The van der Waals surface area contributed by atoms with Gasteiger partial charge in [-0.15, -0.1) is 5.10 Å². The average Bonchev–Trinajstić information content (AvgIpc) is 3.13. The Hall–Kier alpha value is -2.18. The van der Waals surface area contributed by atoms with Gasteiger partial charge in [-0.25, -0.2) is 9.97 Å². The number of nitrogens with one attached hydrogen (secondary N) is 2. The van der Waals surface area contributed by atoms with E-state index in [2.05, 4.69) is 30.9 Å². The minimum absolute atomic E-state index is 0.752. The van der Waals surface area contributed by atoms with Crippen molar-refractivity contribution in [3.05, 3.63) is 24.8 Å². The van der Waals surface area contributed by atoms with E-state index in [-0.39, 0.29) is 0 Å². The molecule has 0 aromatic carbocycles. The van der Waals surface area contributed by atoms with Crippen molar-refractivity contribution in [3.63, 3.8) is 0 Å². The first kappa shape index (κ1) is 11.9. The zero-order valence-corrected chi connectivity index (χ0v) is 10.7. The highest BCUT2D eigenvalue weighted by atomic mass is 15.4. The van der Waals surface area contributed by atoms with Crippen molar-refractivity contribution in [1.29, 1.82) is 0 Å². The number of rotatable bonds is 7. The van der Waals surface area contributed by atoms with Gasteiger partial charge >= 0.3 is 0 Å². The average molecular weight is 259 g/mol. The van der Waals surface area contributed by atoms with E-state index in [1.54, 1.807) is 17.2 Å². The molecule has 0 saturated heterocycles. The monoisotopic (exact) mass is 259 g/mol. The lowest BCUT2D eigenvalue weighted by Gasteiger charge is -2.08. The lowest BCUT2D eigenvalue weighted by molar-refractivity contribution is 0.608. The second-order valence-corrected chi connectivity index (χ2v) is 4.71. The molecule has 7 heteroatoms. The SMILES string of the molecule is c1cn(CCNc2cc(NCC3CC3)ncn2)nn1. The number of anilines is 2. The molecule has 2 aromatic heterocycles. The van der Waals surface area contributed by atoms with E-state index in [1.165, 1.54) is 12.8 Å². The van der Waals surface area contributed by atoms with E-state index >= 15 is 0 Å². The molecule has 0 atom stereocenters. The number of nitrogens with zero attached hydrogens (tertiary/aromatic N) is 5. The molecule has 2 aromatic rings. The van der Waals surface area contributed by atoms with Crippen molar-refractivity contribution in [3.8, 4) is 0 Å². The third-order valence-corrected chi connectivity index (χ3v) is 3.05. The minimum Gasteiger partial charge on any atom is -0.370 e. The molecule has 3 rings (SSSR count). The van der Waals surface area contributed by atoms with Crippen molar-refractivity contribution >= 4 is 11.6 Å². The molecule has 1 saturated carbocycles. The summed E-state index contributed by atoms with van der Waals surface area (Å²) in [5, 5.41) is 14.2. The molecule has 2 N–H and O–H groups in total. The van der Waals surface area contributed by atoms with Gasteiger partial charge in [0.05, 0.1) is 12.7 Å². The highest BCUT2D eigenvalue weighted by Gasteiger charge is 2.20.